The molecule has 0 aliphatic heterocycles. The summed E-state index contributed by atoms with van der Waals surface area (Å²) in [5, 5.41) is 3.65. The molecule has 1 unspecified atom stereocenters. The molecule has 1 aromatic heterocycles. The molecular weight excluding hydrogens is 232 g/mol. The van der Waals surface area contributed by atoms with Gasteiger partial charge in [-0.15, -0.1) is 0 Å². The van der Waals surface area contributed by atoms with Crippen LogP contribution in [0.5, 0.6) is 0 Å². The molecule has 2 aromatic rings. The third kappa shape index (κ3) is 4.84. The summed E-state index contributed by atoms with van der Waals surface area (Å²) >= 11 is 0. The third-order valence-corrected chi connectivity index (χ3v) is 3.24. The second-order valence-corrected chi connectivity index (χ2v) is 4.90. The van der Waals surface area contributed by atoms with Crippen molar-refractivity contribution in [2.45, 2.75) is 32.2 Å². The lowest BCUT2D eigenvalue weighted by molar-refractivity contribution is 0.504. The van der Waals surface area contributed by atoms with Gasteiger partial charge in [-0.25, -0.2) is 0 Å². The highest BCUT2D eigenvalue weighted by Crippen LogP contribution is 2.08. The van der Waals surface area contributed by atoms with Crippen molar-refractivity contribution in [3.8, 4) is 0 Å². The predicted molar refractivity (Wildman–Crippen MR) is 80.2 cm³/mol. The second-order valence-electron chi connectivity index (χ2n) is 4.90. The molecule has 0 bridgehead atoms. The van der Waals surface area contributed by atoms with Gasteiger partial charge in [0.1, 0.15) is 0 Å². The Morgan fingerprint density at radius 1 is 0.947 bits per heavy atom. The van der Waals surface area contributed by atoms with Gasteiger partial charge in [0.05, 0.1) is 0 Å². The summed E-state index contributed by atoms with van der Waals surface area (Å²) in [7, 11) is 0. The quantitative estimate of drug-likeness (QED) is 0.820. The van der Waals surface area contributed by atoms with Crippen molar-refractivity contribution < 1.29 is 0 Å². The standard InChI is InChI=1S/C17H22N2/c1-2-10-19-17(13-15-6-4-3-5-7-15)14-16-8-11-18-12-9-16/h3-9,11-12,17,19H,2,10,13-14H2,1H3. The molecule has 1 heterocycles. The average Bonchev–Trinajstić information content (AvgIpc) is 2.47. The van der Waals surface area contributed by atoms with Crippen LogP contribution in [-0.2, 0) is 12.8 Å². The molecule has 1 aromatic carbocycles. The number of nitrogens with zero attached hydrogens (tertiary/aromatic N) is 1. The zero-order valence-corrected chi connectivity index (χ0v) is 11.5. The molecule has 2 rings (SSSR count). The normalized spacial score (nSPS) is 12.3. The van der Waals surface area contributed by atoms with Crippen molar-refractivity contribution in [2.24, 2.45) is 0 Å². The van der Waals surface area contributed by atoms with Crippen molar-refractivity contribution in [3.63, 3.8) is 0 Å². The van der Waals surface area contributed by atoms with Crippen molar-refractivity contribution >= 4 is 0 Å². The molecular formula is C17H22N2. The Balaban J connectivity index is 1.99. The summed E-state index contributed by atoms with van der Waals surface area (Å²) in [5.41, 5.74) is 2.74. The molecule has 0 radical (unpaired) electrons. The molecule has 0 aliphatic carbocycles. The first kappa shape index (κ1) is 13.8. The fourth-order valence-corrected chi connectivity index (χ4v) is 2.27. The highest BCUT2D eigenvalue weighted by atomic mass is 14.9. The summed E-state index contributed by atoms with van der Waals surface area (Å²) in [4.78, 5) is 4.08. The molecule has 1 N–H and O–H groups in total. The minimum absolute atomic E-state index is 0.491. The first-order valence-corrected chi connectivity index (χ1v) is 7.04. The van der Waals surface area contributed by atoms with Gasteiger partial charge in [-0.1, -0.05) is 37.3 Å². The Kier molecular flexibility index (Phi) is 5.57. The number of hydrogen-bond acceptors (Lipinski definition) is 2. The van der Waals surface area contributed by atoms with E-state index in [-0.39, 0.29) is 0 Å². The fraction of sp³-hybridized carbons (Fsp3) is 0.353. The molecule has 0 amide bonds. The molecule has 2 nitrogen and oxygen atoms in total. The number of nitrogens with one attached hydrogen (secondary N) is 1. The molecule has 100 valence electrons. The first-order chi connectivity index (χ1) is 9.38. The van der Waals surface area contributed by atoms with E-state index in [9.17, 15) is 0 Å². The Hall–Kier alpha value is -1.67. The Morgan fingerprint density at radius 2 is 1.58 bits per heavy atom. The summed E-state index contributed by atoms with van der Waals surface area (Å²) in [6.07, 6.45) is 7.03. The van der Waals surface area contributed by atoms with Gasteiger partial charge >= 0.3 is 0 Å². The van der Waals surface area contributed by atoms with Crippen LogP contribution in [0.3, 0.4) is 0 Å². The topological polar surface area (TPSA) is 24.9 Å². The number of benzene rings is 1. The van der Waals surface area contributed by atoms with Crippen LogP contribution in [0.4, 0.5) is 0 Å². The monoisotopic (exact) mass is 254 g/mol. The van der Waals surface area contributed by atoms with Gasteiger partial charge < -0.3 is 5.32 Å². The first-order valence-electron chi connectivity index (χ1n) is 7.04. The molecule has 19 heavy (non-hydrogen) atoms. The van der Waals surface area contributed by atoms with Crippen LogP contribution < -0.4 is 5.32 Å². The molecule has 0 saturated heterocycles. The van der Waals surface area contributed by atoms with Crippen LogP contribution in [0.15, 0.2) is 54.9 Å². The lowest BCUT2D eigenvalue weighted by Crippen LogP contribution is -2.33. The van der Waals surface area contributed by atoms with Crippen LogP contribution >= 0.6 is 0 Å². The van der Waals surface area contributed by atoms with Crippen molar-refractivity contribution in [1.82, 2.24) is 10.3 Å². The van der Waals surface area contributed by atoms with Gasteiger partial charge in [0.25, 0.3) is 0 Å². The maximum atomic E-state index is 4.08. The van der Waals surface area contributed by atoms with E-state index < -0.39 is 0 Å². The number of rotatable bonds is 7. The molecule has 0 aliphatic rings. The minimum Gasteiger partial charge on any atom is -0.313 e. The SMILES string of the molecule is CCCNC(Cc1ccccc1)Cc1ccncc1. The maximum Gasteiger partial charge on any atom is 0.0270 e. The molecule has 1 atom stereocenters. The van der Waals surface area contributed by atoms with Gasteiger partial charge in [0.2, 0.25) is 0 Å². The Bertz CT molecular complexity index is 412. The number of hydrogen-bond donors (Lipinski definition) is 1. The molecule has 0 spiro atoms. The molecule has 0 saturated carbocycles. The zero-order valence-electron chi connectivity index (χ0n) is 11.5. The van der Waals surface area contributed by atoms with Crippen molar-refractivity contribution in [2.75, 3.05) is 6.54 Å². The van der Waals surface area contributed by atoms with E-state index in [1.807, 2.05) is 12.4 Å². The highest BCUT2D eigenvalue weighted by molar-refractivity contribution is 5.18. The minimum atomic E-state index is 0.491. The van der Waals surface area contributed by atoms with Gasteiger partial charge in [-0.3, -0.25) is 4.98 Å². The average molecular weight is 254 g/mol. The maximum absolute atomic E-state index is 4.08. The molecule has 0 fully saturated rings. The van der Waals surface area contributed by atoms with E-state index >= 15 is 0 Å². The van der Waals surface area contributed by atoms with Crippen molar-refractivity contribution in [1.29, 1.82) is 0 Å². The Labute approximate surface area is 115 Å². The third-order valence-electron chi connectivity index (χ3n) is 3.24. The van der Waals surface area contributed by atoms with E-state index in [4.69, 9.17) is 0 Å². The number of aromatic nitrogens is 1. The lowest BCUT2D eigenvalue weighted by Gasteiger charge is -2.18. The van der Waals surface area contributed by atoms with Crippen LogP contribution in [0.25, 0.3) is 0 Å². The zero-order chi connectivity index (χ0) is 13.3. The summed E-state index contributed by atoms with van der Waals surface area (Å²) < 4.78 is 0. The Morgan fingerprint density at radius 3 is 2.21 bits per heavy atom. The summed E-state index contributed by atoms with van der Waals surface area (Å²) in [6, 6.07) is 15.4. The van der Waals surface area contributed by atoms with Crippen LogP contribution in [0, 0.1) is 0 Å². The number of pyridine rings is 1. The van der Waals surface area contributed by atoms with Crippen LogP contribution in [-0.4, -0.2) is 17.6 Å². The predicted octanol–water partition coefficient (Wildman–Crippen LogP) is 3.24. The summed E-state index contributed by atoms with van der Waals surface area (Å²) in [5.74, 6) is 0. The smallest absolute Gasteiger partial charge is 0.0270 e. The van der Waals surface area contributed by atoms with Crippen LogP contribution in [0.1, 0.15) is 24.5 Å². The lowest BCUT2D eigenvalue weighted by atomic mass is 9.99. The van der Waals surface area contributed by atoms with Gasteiger partial charge in [-0.2, -0.15) is 0 Å². The summed E-state index contributed by atoms with van der Waals surface area (Å²) in [6.45, 7) is 3.28. The van der Waals surface area contributed by atoms with Crippen LogP contribution in [0.2, 0.25) is 0 Å². The van der Waals surface area contributed by atoms with E-state index in [1.165, 1.54) is 17.5 Å². The van der Waals surface area contributed by atoms with E-state index in [2.05, 4.69) is 59.7 Å². The van der Waals surface area contributed by atoms with Gasteiger partial charge in [-0.05, 0) is 49.1 Å². The largest absolute Gasteiger partial charge is 0.313 e. The van der Waals surface area contributed by atoms with E-state index in [0.717, 1.165) is 19.4 Å². The fourth-order valence-electron chi connectivity index (χ4n) is 2.27. The highest BCUT2D eigenvalue weighted by Gasteiger charge is 2.09. The van der Waals surface area contributed by atoms with Gasteiger partial charge in [0, 0.05) is 18.4 Å². The van der Waals surface area contributed by atoms with Crippen molar-refractivity contribution in [3.05, 3.63) is 66.0 Å². The second kappa shape index (κ2) is 7.70. The molecule has 2 heteroatoms. The van der Waals surface area contributed by atoms with E-state index in [0.29, 0.717) is 6.04 Å². The van der Waals surface area contributed by atoms with Gasteiger partial charge in [0.15, 0.2) is 0 Å². The van der Waals surface area contributed by atoms with E-state index in [1.54, 1.807) is 0 Å².